The van der Waals surface area contributed by atoms with Gasteiger partial charge in [0.25, 0.3) is 0 Å². The van der Waals surface area contributed by atoms with Crippen molar-refractivity contribution in [2.24, 2.45) is 11.7 Å². The molecule has 0 aliphatic rings. The summed E-state index contributed by atoms with van der Waals surface area (Å²) in [6, 6.07) is -5.46. The van der Waals surface area contributed by atoms with Crippen molar-refractivity contribution in [1.29, 1.82) is 0 Å². The molecule has 0 saturated carbocycles. The van der Waals surface area contributed by atoms with E-state index in [9.17, 15) is 29.1 Å². The summed E-state index contributed by atoms with van der Waals surface area (Å²) in [5.74, 6) is -5.98. The molecule has 0 aliphatic carbocycles. The van der Waals surface area contributed by atoms with E-state index in [2.05, 4.69) is 25.9 Å². The molecule has 0 spiro atoms. The third kappa shape index (κ3) is 8.86. The lowest BCUT2D eigenvalue weighted by atomic mass is 10.0. The Bertz CT molecular complexity index is 841. The quantitative estimate of drug-likeness (QED) is 0.149. The first-order valence-electron chi connectivity index (χ1n) is 10.1. The van der Waals surface area contributed by atoms with Crippen molar-refractivity contribution < 1.29 is 39.3 Å². The monoisotopic (exact) mass is 470 g/mol. The van der Waals surface area contributed by atoms with E-state index in [1.54, 1.807) is 13.8 Å². The Labute approximate surface area is 189 Å². The van der Waals surface area contributed by atoms with E-state index in [4.69, 9.17) is 15.9 Å². The van der Waals surface area contributed by atoms with E-state index in [0.29, 0.717) is 5.69 Å². The number of rotatable bonds is 13. The maximum absolute atomic E-state index is 13.0. The molecular formula is C19H30N6O8. The van der Waals surface area contributed by atoms with Crippen LogP contribution < -0.4 is 21.7 Å². The van der Waals surface area contributed by atoms with Gasteiger partial charge in [-0.1, -0.05) is 13.8 Å². The summed E-state index contributed by atoms with van der Waals surface area (Å²) in [4.78, 5) is 66.6. The van der Waals surface area contributed by atoms with Gasteiger partial charge in [0.15, 0.2) is 0 Å². The number of carboxylic acid groups (broad SMARTS) is 2. The van der Waals surface area contributed by atoms with Gasteiger partial charge >= 0.3 is 11.9 Å². The molecule has 1 aromatic heterocycles. The molecule has 0 radical (unpaired) electrons. The van der Waals surface area contributed by atoms with Gasteiger partial charge in [-0.2, -0.15) is 0 Å². The van der Waals surface area contributed by atoms with Gasteiger partial charge in [-0.05, 0) is 12.8 Å². The third-order valence-corrected chi connectivity index (χ3v) is 4.67. The van der Waals surface area contributed by atoms with Crippen LogP contribution in [-0.4, -0.2) is 85.2 Å². The Balaban J connectivity index is 3.03. The predicted molar refractivity (Wildman–Crippen MR) is 112 cm³/mol. The number of carbonyl (C=O) groups is 5. The van der Waals surface area contributed by atoms with E-state index >= 15 is 0 Å². The first kappa shape index (κ1) is 27.5. The second-order valence-corrected chi connectivity index (χ2v) is 7.84. The highest BCUT2D eigenvalue weighted by molar-refractivity contribution is 5.95. The predicted octanol–water partition coefficient (Wildman–Crippen LogP) is -2.67. The molecule has 14 heteroatoms. The zero-order valence-corrected chi connectivity index (χ0v) is 18.4. The number of carboxylic acids is 2. The summed E-state index contributed by atoms with van der Waals surface area (Å²) in [6.45, 7) is 4.48. The Hall–Kier alpha value is -3.52. The van der Waals surface area contributed by atoms with Crippen LogP contribution in [0, 0.1) is 5.92 Å². The first-order valence-corrected chi connectivity index (χ1v) is 10.1. The van der Waals surface area contributed by atoms with Gasteiger partial charge in [-0.25, -0.2) is 9.78 Å². The number of nitrogens with zero attached hydrogens (tertiary/aromatic N) is 1. The van der Waals surface area contributed by atoms with Gasteiger partial charge in [-0.3, -0.25) is 19.2 Å². The van der Waals surface area contributed by atoms with E-state index in [-0.39, 0.29) is 6.42 Å². The van der Waals surface area contributed by atoms with Crippen molar-refractivity contribution in [3.05, 3.63) is 18.2 Å². The maximum atomic E-state index is 13.0. The third-order valence-electron chi connectivity index (χ3n) is 4.67. The van der Waals surface area contributed by atoms with Crippen LogP contribution in [0.4, 0.5) is 0 Å². The fraction of sp³-hybridized carbons (Fsp3) is 0.579. The fourth-order valence-corrected chi connectivity index (χ4v) is 2.74. The Morgan fingerprint density at radius 2 is 1.61 bits per heavy atom. The molecular weight excluding hydrogens is 440 g/mol. The lowest BCUT2D eigenvalue weighted by Crippen LogP contribution is -2.59. The van der Waals surface area contributed by atoms with Crippen molar-refractivity contribution >= 4 is 29.7 Å². The summed E-state index contributed by atoms with van der Waals surface area (Å²) >= 11 is 0. The zero-order valence-electron chi connectivity index (χ0n) is 18.4. The van der Waals surface area contributed by atoms with Crippen LogP contribution in [0.1, 0.15) is 32.9 Å². The number of carbonyl (C=O) groups excluding carboxylic acids is 3. The zero-order chi connectivity index (χ0) is 25.3. The number of H-pyrrole nitrogens is 1. The van der Waals surface area contributed by atoms with Crippen molar-refractivity contribution in [2.75, 3.05) is 0 Å². The molecule has 5 unspecified atom stereocenters. The fourth-order valence-electron chi connectivity index (χ4n) is 2.74. The van der Waals surface area contributed by atoms with Crippen LogP contribution in [0.15, 0.2) is 12.5 Å². The number of aliphatic carboxylic acids is 2. The highest BCUT2D eigenvalue weighted by atomic mass is 16.4. The molecule has 184 valence electrons. The summed E-state index contributed by atoms with van der Waals surface area (Å²) in [5, 5.41) is 34.5. The number of imidazole rings is 1. The molecule has 14 nitrogen and oxygen atoms in total. The van der Waals surface area contributed by atoms with Gasteiger partial charge in [-0.15, -0.1) is 0 Å². The number of aromatic amines is 1. The molecule has 3 amide bonds. The minimum absolute atomic E-state index is 0.0483. The molecule has 0 aromatic carbocycles. The number of amides is 3. The number of hydrogen-bond donors (Lipinski definition) is 8. The largest absolute Gasteiger partial charge is 0.481 e. The molecule has 9 N–H and O–H groups in total. The normalized spacial score (nSPS) is 15.6. The number of aromatic nitrogens is 2. The number of hydrogen-bond acceptors (Lipinski definition) is 8. The molecule has 0 bridgehead atoms. The Morgan fingerprint density at radius 1 is 1.00 bits per heavy atom. The van der Waals surface area contributed by atoms with Gasteiger partial charge < -0.3 is 42.0 Å². The van der Waals surface area contributed by atoms with Crippen LogP contribution in [0.25, 0.3) is 0 Å². The Kier molecular flexibility index (Phi) is 10.4. The lowest BCUT2D eigenvalue weighted by Gasteiger charge is -2.27. The molecule has 0 saturated heterocycles. The smallest absolute Gasteiger partial charge is 0.326 e. The van der Waals surface area contributed by atoms with Gasteiger partial charge in [0.1, 0.15) is 24.2 Å². The van der Waals surface area contributed by atoms with Crippen LogP contribution in [0.2, 0.25) is 0 Å². The lowest BCUT2D eigenvalue weighted by molar-refractivity contribution is -0.147. The Morgan fingerprint density at radius 3 is 2.06 bits per heavy atom. The van der Waals surface area contributed by atoms with Crippen LogP contribution >= 0.6 is 0 Å². The summed E-state index contributed by atoms with van der Waals surface area (Å²) < 4.78 is 0. The first-order chi connectivity index (χ1) is 15.3. The molecule has 5 atom stereocenters. The topological polar surface area (TPSA) is 237 Å². The van der Waals surface area contributed by atoms with Crippen LogP contribution in [0.5, 0.6) is 0 Å². The summed E-state index contributed by atoms with van der Waals surface area (Å²) in [7, 11) is 0. The number of aliphatic hydroxyl groups is 1. The van der Waals surface area contributed by atoms with E-state index in [0.717, 1.165) is 0 Å². The highest BCUT2D eigenvalue weighted by Gasteiger charge is 2.33. The molecule has 1 heterocycles. The van der Waals surface area contributed by atoms with Gasteiger partial charge in [0, 0.05) is 18.3 Å². The second kappa shape index (κ2) is 12.5. The highest BCUT2D eigenvalue weighted by Crippen LogP contribution is 2.07. The summed E-state index contributed by atoms with van der Waals surface area (Å²) in [5.41, 5.74) is 6.11. The van der Waals surface area contributed by atoms with Crippen LogP contribution in [-0.2, 0) is 30.4 Å². The number of nitrogens with one attached hydrogen (secondary N) is 4. The van der Waals surface area contributed by atoms with Crippen molar-refractivity contribution in [3.8, 4) is 0 Å². The van der Waals surface area contributed by atoms with E-state index in [1.807, 2.05) is 0 Å². The van der Waals surface area contributed by atoms with Crippen LogP contribution in [0.3, 0.4) is 0 Å². The SMILES string of the molecule is CC(C)C(NC(=O)C(Cc1cnc[nH]1)NC(=O)C(N)C(C)O)C(=O)NC(CC(=O)O)C(=O)O. The minimum atomic E-state index is -1.70. The standard InChI is InChI=1S/C19H30N6O8/c1-8(2)15(18(31)24-12(19(32)33)5-13(27)28)25-16(29)11(4-10-6-21-7-22-10)23-17(30)14(20)9(3)26/h6-9,11-12,14-15,26H,4-5,20H2,1-3H3,(H,21,22)(H,23,30)(H,24,31)(H,25,29)(H,27,28)(H,32,33). The summed E-state index contributed by atoms with van der Waals surface area (Å²) in [6.07, 6.45) is 0.712. The molecule has 33 heavy (non-hydrogen) atoms. The number of nitrogens with two attached hydrogens (primary N) is 1. The second-order valence-electron chi connectivity index (χ2n) is 7.84. The molecule has 1 rings (SSSR count). The van der Waals surface area contributed by atoms with Gasteiger partial charge in [0.05, 0.1) is 18.9 Å². The van der Waals surface area contributed by atoms with Gasteiger partial charge in [0.2, 0.25) is 17.7 Å². The molecule has 0 fully saturated rings. The van der Waals surface area contributed by atoms with E-state index < -0.39 is 72.3 Å². The average Bonchev–Trinajstić information content (AvgIpc) is 3.22. The van der Waals surface area contributed by atoms with Crippen molar-refractivity contribution in [1.82, 2.24) is 25.9 Å². The van der Waals surface area contributed by atoms with Crippen molar-refractivity contribution in [2.45, 2.75) is 63.9 Å². The number of aliphatic hydroxyl groups excluding tert-OH is 1. The maximum Gasteiger partial charge on any atom is 0.326 e. The molecule has 1 aromatic rings. The van der Waals surface area contributed by atoms with E-state index in [1.165, 1.54) is 19.4 Å². The average molecular weight is 470 g/mol. The minimum Gasteiger partial charge on any atom is -0.481 e. The van der Waals surface area contributed by atoms with Crippen molar-refractivity contribution in [3.63, 3.8) is 0 Å². The molecule has 0 aliphatic heterocycles.